The third-order valence-corrected chi connectivity index (χ3v) is 2.01. The van der Waals surface area contributed by atoms with E-state index in [1.54, 1.807) is 0 Å². The van der Waals surface area contributed by atoms with E-state index in [0.717, 1.165) is 6.42 Å². The average Bonchev–Trinajstić information content (AvgIpc) is 2.06. The Balaban J connectivity index is 0.00000144. The molecule has 0 N–H and O–H groups in total. The standard InChI is InChI=1S/C12H14.Y/c1-4-10-12(2,3)11-8-6-5-7-9-11;/h5-8H,1,10H2,2-3H3;/q-2;. The summed E-state index contributed by atoms with van der Waals surface area (Å²) in [6.07, 6.45) is 3.81. The quantitative estimate of drug-likeness (QED) is 0.720. The molecule has 0 saturated heterocycles. The van der Waals surface area contributed by atoms with Crippen molar-refractivity contribution in [1.29, 1.82) is 0 Å². The largest absolute Gasteiger partial charge is 0.503 e. The van der Waals surface area contributed by atoms with Gasteiger partial charge in [-0.3, -0.25) is 6.58 Å². The van der Waals surface area contributed by atoms with Crippen LogP contribution in [0.2, 0.25) is 0 Å². The Bertz CT molecular complexity index is 249. The fourth-order valence-corrected chi connectivity index (χ4v) is 1.22. The van der Waals surface area contributed by atoms with Crippen LogP contribution in [0.5, 0.6) is 0 Å². The molecule has 0 saturated carbocycles. The SMILES string of the molecule is C=[C-]CC(C)(C)c1[c-]cccc1.[Y]. The zero-order chi connectivity index (χ0) is 9.03. The van der Waals surface area contributed by atoms with E-state index in [4.69, 9.17) is 0 Å². The maximum atomic E-state index is 3.63. The van der Waals surface area contributed by atoms with Gasteiger partial charge in [0.2, 0.25) is 0 Å². The maximum absolute atomic E-state index is 3.63. The van der Waals surface area contributed by atoms with Crippen molar-refractivity contribution < 1.29 is 32.7 Å². The minimum Gasteiger partial charge on any atom is -0.503 e. The molecule has 1 rings (SSSR count). The van der Waals surface area contributed by atoms with E-state index in [9.17, 15) is 0 Å². The zero-order valence-electron chi connectivity index (χ0n) is 8.30. The third-order valence-electron chi connectivity index (χ3n) is 2.01. The molecule has 1 aromatic carbocycles. The van der Waals surface area contributed by atoms with Crippen LogP contribution in [0.1, 0.15) is 25.8 Å². The Morgan fingerprint density at radius 2 is 2.15 bits per heavy atom. The average molecular weight is 247 g/mol. The molecule has 0 fully saturated rings. The summed E-state index contributed by atoms with van der Waals surface area (Å²) < 4.78 is 0. The van der Waals surface area contributed by atoms with Gasteiger partial charge in [0, 0.05) is 32.7 Å². The van der Waals surface area contributed by atoms with E-state index in [2.05, 4.69) is 38.6 Å². The maximum Gasteiger partial charge on any atom is 0 e. The van der Waals surface area contributed by atoms with Crippen molar-refractivity contribution in [2.45, 2.75) is 25.7 Å². The first-order valence-electron chi connectivity index (χ1n) is 4.14. The molecule has 0 bridgehead atoms. The van der Waals surface area contributed by atoms with E-state index in [1.807, 2.05) is 18.2 Å². The zero-order valence-corrected chi connectivity index (χ0v) is 11.1. The first kappa shape index (κ1) is 13.1. The van der Waals surface area contributed by atoms with Crippen LogP contribution in [0, 0.1) is 12.1 Å². The molecule has 1 radical (unpaired) electrons. The van der Waals surface area contributed by atoms with E-state index in [-0.39, 0.29) is 38.1 Å². The number of rotatable bonds is 3. The minimum absolute atomic E-state index is 0. The van der Waals surface area contributed by atoms with Crippen LogP contribution in [0.3, 0.4) is 0 Å². The third kappa shape index (κ3) is 3.74. The number of hydrogen-bond acceptors (Lipinski definition) is 0. The molecule has 0 aliphatic carbocycles. The van der Waals surface area contributed by atoms with Gasteiger partial charge in [-0.25, -0.2) is 0 Å². The molecule has 0 aromatic heterocycles. The van der Waals surface area contributed by atoms with Crippen LogP contribution in [0.4, 0.5) is 0 Å². The Morgan fingerprint density at radius 1 is 1.46 bits per heavy atom. The molecule has 0 amide bonds. The van der Waals surface area contributed by atoms with Crippen molar-refractivity contribution >= 4 is 0 Å². The molecular formula is C12H14Y-2. The van der Waals surface area contributed by atoms with Gasteiger partial charge in [-0.05, 0) is 0 Å². The summed E-state index contributed by atoms with van der Waals surface area (Å²) >= 11 is 0. The number of hydrogen-bond donors (Lipinski definition) is 0. The summed E-state index contributed by atoms with van der Waals surface area (Å²) in [4.78, 5) is 0. The van der Waals surface area contributed by atoms with E-state index < -0.39 is 0 Å². The van der Waals surface area contributed by atoms with E-state index in [1.165, 1.54) is 5.56 Å². The Morgan fingerprint density at radius 3 is 2.62 bits per heavy atom. The van der Waals surface area contributed by atoms with Crippen LogP contribution in [0.15, 0.2) is 30.8 Å². The summed E-state index contributed by atoms with van der Waals surface area (Å²) in [6.45, 7) is 7.99. The second kappa shape index (κ2) is 5.72. The summed E-state index contributed by atoms with van der Waals surface area (Å²) in [5.74, 6) is 0. The summed E-state index contributed by atoms with van der Waals surface area (Å²) in [7, 11) is 0. The van der Waals surface area contributed by atoms with Crippen LogP contribution < -0.4 is 0 Å². The second-order valence-corrected chi connectivity index (χ2v) is 3.59. The smallest absolute Gasteiger partial charge is 0 e. The van der Waals surface area contributed by atoms with E-state index in [0.29, 0.717) is 0 Å². The van der Waals surface area contributed by atoms with Crippen molar-refractivity contribution in [1.82, 2.24) is 0 Å². The van der Waals surface area contributed by atoms with Gasteiger partial charge in [0.05, 0.1) is 0 Å². The molecule has 0 nitrogen and oxygen atoms in total. The van der Waals surface area contributed by atoms with Crippen LogP contribution in [-0.2, 0) is 38.1 Å². The second-order valence-electron chi connectivity index (χ2n) is 3.59. The minimum atomic E-state index is 0. The van der Waals surface area contributed by atoms with Crippen molar-refractivity contribution in [2.75, 3.05) is 0 Å². The van der Waals surface area contributed by atoms with Crippen molar-refractivity contribution in [3.05, 3.63) is 48.6 Å². The predicted molar refractivity (Wildman–Crippen MR) is 51.8 cm³/mol. The van der Waals surface area contributed by atoms with E-state index >= 15 is 0 Å². The van der Waals surface area contributed by atoms with Gasteiger partial charge >= 0.3 is 0 Å². The van der Waals surface area contributed by atoms with Gasteiger partial charge in [0.15, 0.2) is 0 Å². The van der Waals surface area contributed by atoms with Crippen molar-refractivity contribution in [3.8, 4) is 0 Å². The van der Waals surface area contributed by atoms with Gasteiger partial charge in [-0.1, -0.05) is 19.3 Å². The fraction of sp³-hybridized carbons (Fsp3) is 0.333. The molecule has 13 heavy (non-hydrogen) atoms. The number of allylic oxidation sites excluding steroid dienone is 1. The van der Waals surface area contributed by atoms with Gasteiger partial charge in [-0.15, -0.1) is 0 Å². The topological polar surface area (TPSA) is 0 Å². The van der Waals surface area contributed by atoms with Crippen molar-refractivity contribution in [2.24, 2.45) is 0 Å². The van der Waals surface area contributed by atoms with Crippen LogP contribution in [0.25, 0.3) is 0 Å². The van der Waals surface area contributed by atoms with Crippen LogP contribution >= 0.6 is 0 Å². The molecular weight excluding hydrogens is 233 g/mol. The van der Waals surface area contributed by atoms with Gasteiger partial charge in [0.25, 0.3) is 0 Å². The first-order valence-corrected chi connectivity index (χ1v) is 4.14. The molecule has 0 unspecified atom stereocenters. The summed E-state index contributed by atoms with van der Waals surface area (Å²) in [6, 6.07) is 11.3. The fourth-order valence-electron chi connectivity index (χ4n) is 1.22. The summed E-state index contributed by atoms with van der Waals surface area (Å²) in [5.41, 5.74) is 1.34. The van der Waals surface area contributed by atoms with Crippen molar-refractivity contribution in [3.63, 3.8) is 0 Å². The molecule has 1 heteroatoms. The van der Waals surface area contributed by atoms with Gasteiger partial charge in [-0.2, -0.15) is 42.3 Å². The molecule has 67 valence electrons. The Kier molecular flexibility index (Phi) is 5.75. The first-order chi connectivity index (χ1) is 5.67. The molecule has 0 spiro atoms. The molecule has 0 atom stereocenters. The van der Waals surface area contributed by atoms with Gasteiger partial charge in [0.1, 0.15) is 0 Å². The molecule has 0 heterocycles. The monoisotopic (exact) mass is 247 g/mol. The molecule has 0 aliphatic rings. The Labute approximate surface area is 106 Å². The number of benzene rings is 1. The molecule has 0 aliphatic heterocycles. The predicted octanol–water partition coefficient (Wildman–Crippen LogP) is 3.14. The normalized spacial score (nSPS) is 10.3. The molecule has 1 aromatic rings. The van der Waals surface area contributed by atoms with Crippen LogP contribution in [-0.4, -0.2) is 0 Å². The Hall–Kier alpha value is 0.0639. The van der Waals surface area contributed by atoms with Gasteiger partial charge < -0.3 is 6.08 Å². The summed E-state index contributed by atoms with van der Waals surface area (Å²) in [5, 5.41) is 0.